The van der Waals surface area contributed by atoms with Crippen molar-refractivity contribution in [3.63, 3.8) is 0 Å². The molecule has 2 aromatic carbocycles. The Kier molecular flexibility index (Phi) is 6.18. The molecule has 7 heteroatoms. The van der Waals surface area contributed by atoms with Gasteiger partial charge in [0.1, 0.15) is 5.75 Å². The van der Waals surface area contributed by atoms with E-state index in [-0.39, 0.29) is 16.6 Å². The largest absolute Gasteiger partial charge is 0.481 e. The minimum Gasteiger partial charge on any atom is -0.481 e. The molecule has 140 valence electrons. The van der Waals surface area contributed by atoms with Crippen molar-refractivity contribution in [2.75, 3.05) is 5.32 Å². The minimum atomic E-state index is -4.64. The van der Waals surface area contributed by atoms with Crippen LogP contribution in [-0.2, 0) is 11.0 Å². The second-order valence-corrected chi connectivity index (χ2v) is 6.57. The topological polar surface area (TPSA) is 38.3 Å². The Labute approximate surface area is 155 Å². The lowest BCUT2D eigenvalue weighted by atomic mass is 10.0. The van der Waals surface area contributed by atoms with Crippen molar-refractivity contribution >= 4 is 23.2 Å². The van der Waals surface area contributed by atoms with E-state index in [9.17, 15) is 18.0 Å². The van der Waals surface area contributed by atoms with Crippen molar-refractivity contribution in [2.24, 2.45) is 0 Å². The summed E-state index contributed by atoms with van der Waals surface area (Å²) in [5.41, 5.74) is -0.456. The fraction of sp³-hybridized carbons (Fsp3) is 0.316. The van der Waals surface area contributed by atoms with E-state index in [1.165, 1.54) is 13.0 Å². The number of carbonyl (C=O) groups is 1. The fourth-order valence-electron chi connectivity index (χ4n) is 2.40. The number of amides is 1. The third-order valence-corrected chi connectivity index (χ3v) is 3.99. The van der Waals surface area contributed by atoms with Crippen LogP contribution in [0.1, 0.15) is 37.8 Å². The van der Waals surface area contributed by atoms with E-state index >= 15 is 0 Å². The summed E-state index contributed by atoms with van der Waals surface area (Å²) in [5.74, 6) is 0.0169. The predicted molar refractivity (Wildman–Crippen MR) is 95.7 cm³/mol. The van der Waals surface area contributed by atoms with Crippen LogP contribution in [0, 0.1) is 0 Å². The van der Waals surface area contributed by atoms with Gasteiger partial charge in [-0.2, -0.15) is 13.2 Å². The van der Waals surface area contributed by atoms with E-state index in [2.05, 4.69) is 5.32 Å². The van der Waals surface area contributed by atoms with Gasteiger partial charge in [0.25, 0.3) is 5.91 Å². The molecule has 0 aromatic heterocycles. The summed E-state index contributed by atoms with van der Waals surface area (Å²) in [4.78, 5) is 12.3. The van der Waals surface area contributed by atoms with Gasteiger partial charge in [0, 0.05) is 5.02 Å². The Morgan fingerprint density at radius 3 is 2.38 bits per heavy atom. The van der Waals surface area contributed by atoms with Crippen molar-refractivity contribution in [1.82, 2.24) is 0 Å². The number of anilines is 1. The summed E-state index contributed by atoms with van der Waals surface area (Å²) in [6.07, 6.45) is -5.62. The zero-order chi connectivity index (χ0) is 19.5. The second kappa shape index (κ2) is 7.99. The lowest BCUT2D eigenvalue weighted by Gasteiger charge is -2.20. The molecule has 0 fully saturated rings. The molecule has 0 heterocycles. The zero-order valence-electron chi connectivity index (χ0n) is 14.5. The van der Waals surface area contributed by atoms with Crippen molar-refractivity contribution in [3.8, 4) is 5.75 Å². The quantitative estimate of drug-likeness (QED) is 0.697. The third-order valence-electron chi connectivity index (χ3n) is 3.76. The Balaban J connectivity index is 2.19. The van der Waals surface area contributed by atoms with Crippen molar-refractivity contribution in [2.45, 2.75) is 39.0 Å². The second-order valence-electron chi connectivity index (χ2n) is 6.13. The van der Waals surface area contributed by atoms with Gasteiger partial charge in [0.2, 0.25) is 0 Å². The van der Waals surface area contributed by atoms with E-state index in [1.807, 2.05) is 26.0 Å². The highest BCUT2D eigenvalue weighted by Crippen LogP contribution is 2.36. The maximum Gasteiger partial charge on any atom is 0.418 e. The first-order valence-corrected chi connectivity index (χ1v) is 8.40. The fourth-order valence-corrected chi connectivity index (χ4v) is 2.58. The summed E-state index contributed by atoms with van der Waals surface area (Å²) < 4.78 is 45.1. The van der Waals surface area contributed by atoms with Crippen molar-refractivity contribution in [3.05, 3.63) is 58.6 Å². The number of ether oxygens (including phenoxy) is 1. The normalized spacial score (nSPS) is 12.8. The average molecular weight is 386 g/mol. The van der Waals surface area contributed by atoms with Crippen LogP contribution in [0.25, 0.3) is 0 Å². The van der Waals surface area contributed by atoms with Gasteiger partial charge in [-0.05, 0) is 42.7 Å². The van der Waals surface area contributed by atoms with Crippen molar-refractivity contribution in [1.29, 1.82) is 0 Å². The smallest absolute Gasteiger partial charge is 0.418 e. The molecule has 0 saturated carbocycles. The summed E-state index contributed by atoms with van der Waals surface area (Å²) in [5, 5.41) is 2.21. The van der Waals surface area contributed by atoms with Gasteiger partial charge in [0.15, 0.2) is 6.10 Å². The molecule has 0 aliphatic heterocycles. The maximum absolute atomic E-state index is 13.1. The standard InChI is InChI=1S/C19H19ClF3NO2/c1-11(2)14-6-4-5-7-17(14)26-12(3)18(25)24-16-9-8-13(20)10-15(16)19(21,22)23/h4-12H,1-3H3,(H,24,25)/t12-/m1/s1. The van der Waals surface area contributed by atoms with E-state index in [0.717, 1.165) is 17.7 Å². The van der Waals surface area contributed by atoms with Gasteiger partial charge in [-0.3, -0.25) is 4.79 Å². The highest BCUT2D eigenvalue weighted by molar-refractivity contribution is 6.30. The van der Waals surface area contributed by atoms with Gasteiger partial charge in [-0.15, -0.1) is 0 Å². The molecule has 1 amide bonds. The number of hydrogen-bond donors (Lipinski definition) is 1. The number of hydrogen-bond acceptors (Lipinski definition) is 2. The molecular weight excluding hydrogens is 367 g/mol. The molecule has 2 rings (SSSR count). The molecule has 26 heavy (non-hydrogen) atoms. The number of alkyl halides is 3. The summed E-state index contributed by atoms with van der Waals surface area (Å²) >= 11 is 5.64. The molecule has 0 aliphatic carbocycles. The highest BCUT2D eigenvalue weighted by atomic mass is 35.5. The predicted octanol–water partition coefficient (Wildman–Crippen LogP) is 5.89. The molecule has 0 bridgehead atoms. The molecule has 0 saturated heterocycles. The molecule has 0 aliphatic rings. The number of para-hydroxylation sites is 1. The highest BCUT2D eigenvalue weighted by Gasteiger charge is 2.34. The number of rotatable bonds is 5. The summed E-state index contributed by atoms with van der Waals surface area (Å²) in [7, 11) is 0. The molecule has 2 aromatic rings. The molecule has 1 atom stereocenters. The van der Waals surface area contributed by atoms with Gasteiger partial charge in [-0.1, -0.05) is 43.6 Å². The van der Waals surface area contributed by atoms with Gasteiger partial charge >= 0.3 is 6.18 Å². The van der Waals surface area contributed by atoms with E-state index in [4.69, 9.17) is 16.3 Å². The Hall–Kier alpha value is -2.21. The SMILES string of the molecule is CC(C)c1ccccc1O[C@H](C)C(=O)Nc1ccc(Cl)cc1C(F)(F)F. The first kappa shape index (κ1) is 20.1. The van der Waals surface area contributed by atoms with Crippen molar-refractivity contribution < 1.29 is 22.7 Å². The monoisotopic (exact) mass is 385 g/mol. The average Bonchev–Trinajstić information content (AvgIpc) is 2.55. The lowest BCUT2D eigenvalue weighted by Crippen LogP contribution is -2.31. The third kappa shape index (κ3) is 4.91. The van der Waals surface area contributed by atoms with Crippen LogP contribution in [-0.4, -0.2) is 12.0 Å². The van der Waals surface area contributed by atoms with Crippen LogP contribution in [0.4, 0.5) is 18.9 Å². The van der Waals surface area contributed by atoms with Gasteiger partial charge in [0.05, 0.1) is 11.3 Å². The number of benzene rings is 2. The zero-order valence-corrected chi connectivity index (χ0v) is 15.3. The molecule has 1 N–H and O–H groups in total. The number of carbonyl (C=O) groups excluding carboxylic acids is 1. The Morgan fingerprint density at radius 2 is 1.77 bits per heavy atom. The van der Waals surface area contributed by atoms with E-state index in [0.29, 0.717) is 5.75 Å². The van der Waals surface area contributed by atoms with E-state index in [1.54, 1.807) is 12.1 Å². The van der Waals surface area contributed by atoms with Crippen LogP contribution < -0.4 is 10.1 Å². The van der Waals surface area contributed by atoms with Gasteiger partial charge in [-0.25, -0.2) is 0 Å². The lowest BCUT2D eigenvalue weighted by molar-refractivity contribution is -0.137. The first-order chi connectivity index (χ1) is 12.1. The Morgan fingerprint density at radius 1 is 1.12 bits per heavy atom. The van der Waals surface area contributed by atoms with E-state index < -0.39 is 23.8 Å². The van der Waals surface area contributed by atoms with Crippen LogP contribution in [0.15, 0.2) is 42.5 Å². The number of halogens is 4. The molecule has 0 spiro atoms. The molecule has 0 radical (unpaired) electrons. The number of nitrogens with one attached hydrogen (secondary N) is 1. The molecule has 3 nitrogen and oxygen atoms in total. The summed E-state index contributed by atoms with van der Waals surface area (Å²) in [6.45, 7) is 5.45. The summed E-state index contributed by atoms with van der Waals surface area (Å²) in [6, 6.07) is 10.4. The maximum atomic E-state index is 13.1. The van der Waals surface area contributed by atoms with Crippen LogP contribution in [0.2, 0.25) is 5.02 Å². The molecular formula is C19H19ClF3NO2. The van der Waals surface area contributed by atoms with Crippen LogP contribution in [0.5, 0.6) is 5.75 Å². The molecule has 0 unspecified atom stereocenters. The first-order valence-electron chi connectivity index (χ1n) is 8.02. The van der Waals surface area contributed by atoms with Crippen LogP contribution in [0.3, 0.4) is 0 Å². The Bertz CT molecular complexity index is 791. The van der Waals surface area contributed by atoms with Gasteiger partial charge < -0.3 is 10.1 Å². The minimum absolute atomic E-state index is 0.0644. The van der Waals surface area contributed by atoms with Crippen LogP contribution >= 0.6 is 11.6 Å².